The lowest BCUT2D eigenvalue weighted by Crippen LogP contribution is -2.08. The van der Waals surface area contributed by atoms with Crippen LogP contribution in [-0.2, 0) is 4.74 Å². The van der Waals surface area contributed by atoms with Gasteiger partial charge in [-0.1, -0.05) is 18.2 Å². The third-order valence-corrected chi connectivity index (χ3v) is 2.98. The second-order valence-corrected chi connectivity index (χ2v) is 4.42. The number of nitrogens with two attached hydrogens (primary N) is 1. The van der Waals surface area contributed by atoms with Crippen LogP contribution in [0.15, 0.2) is 42.5 Å². The van der Waals surface area contributed by atoms with Crippen molar-refractivity contribution in [2.24, 2.45) is 0 Å². The number of hydrogen-bond donors (Lipinski definition) is 2. The Morgan fingerprint density at radius 1 is 1.20 bits per heavy atom. The Bertz CT molecular complexity index is 632. The molecule has 102 valence electrons. The molecule has 0 heterocycles. The molecule has 0 bridgehead atoms. The fraction of sp³-hybridized carbons (Fsp3) is 0.188. The summed E-state index contributed by atoms with van der Waals surface area (Å²) in [4.78, 5) is 0. The minimum Gasteiger partial charge on any atom is -0.399 e. The lowest BCUT2D eigenvalue weighted by atomic mass is 10.0. The van der Waals surface area contributed by atoms with E-state index in [1.165, 1.54) is 0 Å². The van der Waals surface area contributed by atoms with E-state index in [0.717, 1.165) is 16.8 Å². The molecule has 3 N–H and O–H groups in total. The van der Waals surface area contributed by atoms with Gasteiger partial charge in [-0.25, -0.2) is 0 Å². The number of nitrogens with one attached hydrogen (secondary N) is 1. The number of nitriles is 1. The van der Waals surface area contributed by atoms with E-state index in [2.05, 4.69) is 11.4 Å². The first-order valence-electron chi connectivity index (χ1n) is 6.37. The zero-order valence-corrected chi connectivity index (χ0v) is 11.4. The normalized spacial score (nSPS) is 10.0. The molecule has 20 heavy (non-hydrogen) atoms. The highest BCUT2D eigenvalue weighted by Crippen LogP contribution is 2.26. The van der Waals surface area contributed by atoms with Crippen LogP contribution < -0.4 is 11.1 Å². The van der Waals surface area contributed by atoms with E-state index in [1.54, 1.807) is 7.11 Å². The van der Waals surface area contributed by atoms with Crippen LogP contribution in [0, 0.1) is 11.3 Å². The van der Waals surface area contributed by atoms with Gasteiger partial charge in [-0.2, -0.15) is 5.26 Å². The van der Waals surface area contributed by atoms with Crippen molar-refractivity contribution in [2.75, 3.05) is 31.3 Å². The third kappa shape index (κ3) is 3.28. The van der Waals surface area contributed by atoms with E-state index >= 15 is 0 Å². The van der Waals surface area contributed by atoms with Crippen molar-refractivity contribution in [3.63, 3.8) is 0 Å². The van der Waals surface area contributed by atoms with E-state index in [0.29, 0.717) is 24.4 Å². The molecular formula is C16H17N3O. The van der Waals surface area contributed by atoms with Gasteiger partial charge in [-0.05, 0) is 35.4 Å². The van der Waals surface area contributed by atoms with Crippen LogP contribution in [0.5, 0.6) is 0 Å². The van der Waals surface area contributed by atoms with Crippen LogP contribution in [0.2, 0.25) is 0 Å². The number of methoxy groups -OCH3 is 1. The van der Waals surface area contributed by atoms with E-state index in [9.17, 15) is 5.26 Å². The van der Waals surface area contributed by atoms with Crippen LogP contribution in [0.25, 0.3) is 11.1 Å². The molecular weight excluding hydrogens is 250 g/mol. The molecule has 0 radical (unpaired) electrons. The Balaban J connectivity index is 2.27. The summed E-state index contributed by atoms with van der Waals surface area (Å²) in [7, 11) is 1.65. The molecule has 0 aromatic heterocycles. The molecule has 0 atom stereocenters. The fourth-order valence-corrected chi connectivity index (χ4v) is 1.98. The smallest absolute Gasteiger partial charge is 0.101 e. The third-order valence-electron chi connectivity index (χ3n) is 2.98. The monoisotopic (exact) mass is 267 g/mol. The molecule has 0 fully saturated rings. The van der Waals surface area contributed by atoms with Crippen molar-refractivity contribution in [3.8, 4) is 17.2 Å². The van der Waals surface area contributed by atoms with Gasteiger partial charge in [0.1, 0.15) is 6.07 Å². The lowest BCUT2D eigenvalue weighted by molar-refractivity contribution is 0.211. The second-order valence-electron chi connectivity index (χ2n) is 4.42. The van der Waals surface area contributed by atoms with Gasteiger partial charge in [0, 0.05) is 19.3 Å². The highest BCUT2D eigenvalue weighted by molar-refractivity contribution is 5.72. The van der Waals surface area contributed by atoms with E-state index < -0.39 is 0 Å². The first kappa shape index (κ1) is 13.9. The van der Waals surface area contributed by atoms with Gasteiger partial charge in [0.15, 0.2) is 0 Å². The fourth-order valence-electron chi connectivity index (χ4n) is 1.98. The maximum Gasteiger partial charge on any atom is 0.101 e. The summed E-state index contributed by atoms with van der Waals surface area (Å²) in [6.07, 6.45) is 0. The summed E-state index contributed by atoms with van der Waals surface area (Å²) in [5, 5.41) is 12.4. The Kier molecular flexibility index (Phi) is 4.59. The molecule has 4 heteroatoms. The molecule has 0 saturated heterocycles. The van der Waals surface area contributed by atoms with Crippen molar-refractivity contribution in [3.05, 3.63) is 48.0 Å². The molecule has 4 nitrogen and oxygen atoms in total. The highest BCUT2D eigenvalue weighted by Gasteiger charge is 2.05. The van der Waals surface area contributed by atoms with E-state index in [1.807, 2.05) is 42.5 Å². The molecule has 0 amide bonds. The molecule has 0 saturated carbocycles. The molecule has 0 unspecified atom stereocenters. The minimum atomic E-state index is 0.599. The van der Waals surface area contributed by atoms with E-state index in [-0.39, 0.29) is 0 Å². The second kappa shape index (κ2) is 6.60. The number of hydrogen-bond acceptors (Lipinski definition) is 4. The van der Waals surface area contributed by atoms with Crippen LogP contribution >= 0.6 is 0 Å². The summed E-state index contributed by atoms with van der Waals surface area (Å²) in [6, 6.07) is 15.6. The number of ether oxygens (including phenoxy) is 1. The Hall–Kier alpha value is -2.51. The molecule has 0 aliphatic rings. The summed E-state index contributed by atoms with van der Waals surface area (Å²) in [5.41, 5.74) is 9.91. The molecule has 2 aromatic carbocycles. The van der Waals surface area contributed by atoms with Crippen LogP contribution in [0.3, 0.4) is 0 Å². The van der Waals surface area contributed by atoms with Crippen LogP contribution in [0.1, 0.15) is 5.56 Å². The average Bonchev–Trinajstić information content (AvgIpc) is 2.47. The standard InChI is InChI=1S/C16H17N3O/c1-20-8-7-19-16-6-5-13(9-14(16)11-17)12-3-2-4-15(18)10-12/h2-6,9-10,19H,7-8,18H2,1H3. The van der Waals surface area contributed by atoms with Crippen molar-refractivity contribution in [1.82, 2.24) is 0 Å². The summed E-state index contributed by atoms with van der Waals surface area (Å²) in [5.74, 6) is 0. The van der Waals surface area contributed by atoms with Crippen LogP contribution in [0.4, 0.5) is 11.4 Å². The SMILES string of the molecule is COCCNc1ccc(-c2cccc(N)c2)cc1C#N. The van der Waals surface area contributed by atoms with Crippen LogP contribution in [-0.4, -0.2) is 20.3 Å². The molecule has 0 aliphatic carbocycles. The molecule has 2 rings (SSSR count). The highest BCUT2D eigenvalue weighted by atomic mass is 16.5. The topological polar surface area (TPSA) is 71.1 Å². The van der Waals surface area contributed by atoms with Gasteiger partial charge in [0.2, 0.25) is 0 Å². The average molecular weight is 267 g/mol. The zero-order valence-electron chi connectivity index (χ0n) is 11.4. The van der Waals surface area contributed by atoms with E-state index in [4.69, 9.17) is 10.5 Å². The zero-order chi connectivity index (χ0) is 14.4. The van der Waals surface area contributed by atoms with Gasteiger partial charge >= 0.3 is 0 Å². The number of rotatable bonds is 5. The Labute approximate surface area is 118 Å². The lowest BCUT2D eigenvalue weighted by Gasteiger charge is -2.10. The Morgan fingerprint density at radius 3 is 2.70 bits per heavy atom. The maximum absolute atomic E-state index is 9.25. The summed E-state index contributed by atoms with van der Waals surface area (Å²) < 4.78 is 4.98. The Morgan fingerprint density at radius 2 is 2.00 bits per heavy atom. The van der Waals surface area contributed by atoms with Crippen molar-refractivity contribution in [1.29, 1.82) is 5.26 Å². The molecule has 0 aliphatic heterocycles. The number of nitrogen functional groups attached to an aromatic ring is 1. The largest absolute Gasteiger partial charge is 0.399 e. The predicted molar refractivity (Wildman–Crippen MR) is 81.4 cm³/mol. The number of anilines is 2. The summed E-state index contributed by atoms with van der Waals surface area (Å²) in [6.45, 7) is 1.27. The van der Waals surface area contributed by atoms with Gasteiger partial charge in [-0.3, -0.25) is 0 Å². The van der Waals surface area contributed by atoms with Gasteiger partial charge in [0.05, 0.1) is 17.9 Å². The van der Waals surface area contributed by atoms with Gasteiger partial charge < -0.3 is 15.8 Å². The summed E-state index contributed by atoms with van der Waals surface area (Å²) >= 11 is 0. The van der Waals surface area contributed by atoms with Gasteiger partial charge in [0.25, 0.3) is 0 Å². The van der Waals surface area contributed by atoms with Gasteiger partial charge in [-0.15, -0.1) is 0 Å². The first-order valence-corrected chi connectivity index (χ1v) is 6.37. The first-order chi connectivity index (χ1) is 9.74. The minimum absolute atomic E-state index is 0.599. The maximum atomic E-state index is 9.25. The van der Waals surface area contributed by atoms with Crippen molar-refractivity contribution in [2.45, 2.75) is 0 Å². The quantitative estimate of drug-likeness (QED) is 0.645. The van der Waals surface area contributed by atoms with Crippen molar-refractivity contribution < 1.29 is 4.74 Å². The number of nitrogens with zero attached hydrogens (tertiary/aromatic N) is 1. The predicted octanol–water partition coefficient (Wildman–Crippen LogP) is 2.87. The number of benzene rings is 2. The van der Waals surface area contributed by atoms with Crippen molar-refractivity contribution >= 4 is 11.4 Å². The molecule has 0 spiro atoms. The molecule has 2 aromatic rings.